The molecule has 7 nitrogen and oxygen atoms in total. The molecule has 0 saturated heterocycles. The standard InChI is InChI=1S/C21H26N6O.HI/c1-22-21(26(2)11-12-28-20-9-4-3-5-10-20)24-14-18-7-6-8-19(13-18)15-27-17-23-16-25-27;/h3-10,13,16-17H,11-12,14-15H2,1-2H3,(H,22,24);1H. The number of hydrogen-bond acceptors (Lipinski definition) is 4. The van der Waals surface area contributed by atoms with Crippen molar-refractivity contribution in [2.75, 3.05) is 27.2 Å². The van der Waals surface area contributed by atoms with Crippen molar-refractivity contribution in [1.82, 2.24) is 25.0 Å². The summed E-state index contributed by atoms with van der Waals surface area (Å²) in [6.07, 6.45) is 3.27. The Morgan fingerprint density at radius 3 is 2.66 bits per heavy atom. The average molecular weight is 506 g/mol. The zero-order chi connectivity index (χ0) is 19.6. The number of aliphatic imine (C=N–C) groups is 1. The van der Waals surface area contributed by atoms with E-state index in [9.17, 15) is 0 Å². The third kappa shape index (κ3) is 7.37. The summed E-state index contributed by atoms with van der Waals surface area (Å²) in [4.78, 5) is 10.4. The first-order chi connectivity index (χ1) is 13.7. The summed E-state index contributed by atoms with van der Waals surface area (Å²) in [5.74, 6) is 1.71. The van der Waals surface area contributed by atoms with Crippen LogP contribution in [0.1, 0.15) is 11.1 Å². The fourth-order valence-corrected chi connectivity index (χ4v) is 2.83. The lowest BCUT2D eigenvalue weighted by molar-refractivity contribution is 0.281. The van der Waals surface area contributed by atoms with E-state index < -0.39 is 0 Å². The van der Waals surface area contributed by atoms with Crippen LogP contribution < -0.4 is 10.1 Å². The summed E-state index contributed by atoms with van der Waals surface area (Å²) in [6, 6.07) is 18.2. The minimum Gasteiger partial charge on any atom is -0.492 e. The number of benzene rings is 2. The first-order valence-corrected chi connectivity index (χ1v) is 9.24. The van der Waals surface area contributed by atoms with Gasteiger partial charge in [-0.05, 0) is 23.3 Å². The van der Waals surface area contributed by atoms with Gasteiger partial charge in [-0.1, -0.05) is 42.5 Å². The number of halogens is 1. The summed E-state index contributed by atoms with van der Waals surface area (Å²) < 4.78 is 7.57. The lowest BCUT2D eigenvalue weighted by atomic mass is 10.1. The lowest BCUT2D eigenvalue weighted by Crippen LogP contribution is -2.40. The number of para-hydroxylation sites is 1. The maximum absolute atomic E-state index is 5.76. The minimum absolute atomic E-state index is 0. The molecule has 1 aromatic heterocycles. The number of rotatable bonds is 8. The number of ether oxygens (including phenoxy) is 1. The molecule has 3 aromatic rings. The smallest absolute Gasteiger partial charge is 0.193 e. The molecule has 0 saturated carbocycles. The molecule has 29 heavy (non-hydrogen) atoms. The summed E-state index contributed by atoms with van der Waals surface area (Å²) in [5.41, 5.74) is 2.37. The van der Waals surface area contributed by atoms with Crippen molar-refractivity contribution in [3.8, 4) is 5.75 Å². The molecule has 0 atom stereocenters. The van der Waals surface area contributed by atoms with Gasteiger partial charge in [-0.15, -0.1) is 24.0 Å². The van der Waals surface area contributed by atoms with E-state index in [1.165, 1.54) is 11.1 Å². The van der Waals surface area contributed by atoms with Gasteiger partial charge in [0.05, 0.1) is 13.1 Å². The normalized spacial score (nSPS) is 10.9. The van der Waals surface area contributed by atoms with Crippen molar-refractivity contribution in [3.05, 3.63) is 78.4 Å². The molecule has 0 aliphatic rings. The van der Waals surface area contributed by atoms with Gasteiger partial charge in [-0.2, -0.15) is 5.10 Å². The summed E-state index contributed by atoms with van der Waals surface area (Å²) in [6.45, 7) is 2.73. The van der Waals surface area contributed by atoms with Gasteiger partial charge in [-0.25, -0.2) is 9.67 Å². The quantitative estimate of drug-likeness (QED) is 0.289. The SMILES string of the molecule is CN=C(NCc1cccc(Cn2cncn2)c1)N(C)CCOc1ccccc1.I. The van der Waals surface area contributed by atoms with E-state index >= 15 is 0 Å². The molecule has 0 bridgehead atoms. The van der Waals surface area contributed by atoms with Crippen LogP contribution in [0.5, 0.6) is 5.75 Å². The molecule has 2 aromatic carbocycles. The minimum atomic E-state index is 0. The largest absolute Gasteiger partial charge is 0.492 e. The average Bonchev–Trinajstić information content (AvgIpc) is 3.22. The Morgan fingerprint density at radius 2 is 1.93 bits per heavy atom. The Balaban J connectivity index is 0.00000300. The van der Waals surface area contributed by atoms with E-state index in [0.717, 1.165) is 18.3 Å². The highest BCUT2D eigenvalue weighted by Crippen LogP contribution is 2.08. The molecule has 0 amide bonds. The lowest BCUT2D eigenvalue weighted by Gasteiger charge is -2.22. The molecular formula is C21H27IN6O. The third-order valence-corrected chi connectivity index (χ3v) is 4.27. The number of likely N-dealkylation sites (N-methyl/N-ethyl adjacent to an activating group) is 1. The first kappa shape index (κ1) is 22.7. The van der Waals surface area contributed by atoms with Crippen LogP contribution in [0, 0.1) is 0 Å². The maximum atomic E-state index is 5.76. The number of hydrogen-bond donors (Lipinski definition) is 1. The van der Waals surface area contributed by atoms with Gasteiger partial charge < -0.3 is 15.0 Å². The van der Waals surface area contributed by atoms with Crippen LogP contribution in [0.15, 0.2) is 72.2 Å². The molecule has 0 aliphatic carbocycles. The second kappa shape index (κ2) is 12.1. The van der Waals surface area contributed by atoms with E-state index in [-0.39, 0.29) is 24.0 Å². The third-order valence-electron chi connectivity index (χ3n) is 4.27. The molecule has 0 aliphatic heterocycles. The van der Waals surface area contributed by atoms with Gasteiger partial charge in [-0.3, -0.25) is 4.99 Å². The van der Waals surface area contributed by atoms with E-state index in [1.54, 1.807) is 19.7 Å². The Kier molecular flexibility index (Phi) is 9.42. The van der Waals surface area contributed by atoms with Crippen molar-refractivity contribution in [1.29, 1.82) is 0 Å². The second-order valence-corrected chi connectivity index (χ2v) is 6.40. The number of guanidine groups is 1. The molecule has 0 fully saturated rings. The fourth-order valence-electron chi connectivity index (χ4n) is 2.83. The van der Waals surface area contributed by atoms with E-state index in [0.29, 0.717) is 19.7 Å². The van der Waals surface area contributed by atoms with Gasteiger partial charge in [0.2, 0.25) is 0 Å². The number of aromatic nitrogens is 3. The number of nitrogens with zero attached hydrogens (tertiary/aromatic N) is 5. The van der Waals surface area contributed by atoms with E-state index in [1.807, 2.05) is 42.1 Å². The Morgan fingerprint density at radius 1 is 1.14 bits per heavy atom. The van der Waals surface area contributed by atoms with E-state index in [2.05, 4.69) is 49.6 Å². The van der Waals surface area contributed by atoms with Gasteiger partial charge in [0, 0.05) is 20.6 Å². The molecule has 1 N–H and O–H groups in total. The predicted molar refractivity (Wildman–Crippen MR) is 126 cm³/mol. The Labute approximate surface area is 188 Å². The second-order valence-electron chi connectivity index (χ2n) is 6.40. The monoisotopic (exact) mass is 506 g/mol. The molecule has 3 rings (SSSR count). The van der Waals surface area contributed by atoms with Crippen molar-refractivity contribution in [3.63, 3.8) is 0 Å². The summed E-state index contributed by atoms with van der Waals surface area (Å²) in [5, 5.41) is 7.56. The van der Waals surface area contributed by atoms with Crippen LogP contribution in [0.3, 0.4) is 0 Å². The van der Waals surface area contributed by atoms with Crippen LogP contribution in [0.2, 0.25) is 0 Å². The molecular weight excluding hydrogens is 479 g/mol. The molecule has 1 heterocycles. The highest BCUT2D eigenvalue weighted by molar-refractivity contribution is 14.0. The van der Waals surface area contributed by atoms with Crippen molar-refractivity contribution in [2.45, 2.75) is 13.1 Å². The fraction of sp³-hybridized carbons (Fsp3) is 0.286. The van der Waals surface area contributed by atoms with Crippen molar-refractivity contribution >= 4 is 29.9 Å². The maximum Gasteiger partial charge on any atom is 0.193 e. The molecule has 0 radical (unpaired) electrons. The topological polar surface area (TPSA) is 67.6 Å². The van der Waals surface area contributed by atoms with Crippen molar-refractivity contribution in [2.24, 2.45) is 4.99 Å². The summed E-state index contributed by atoms with van der Waals surface area (Å²) >= 11 is 0. The zero-order valence-electron chi connectivity index (χ0n) is 16.7. The van der Waals surface area contributed by atoms with Gasteiger partial charge in [0.25, 0.3) is 0 Å². The Bertz CT molecular complexity index is 870. The van der Waals surface area contributed by atoms with Crippen LogP contribution in [-0.2, 0) is 13.1 Å². The molecule has 154 valence electrons. The highest BCUT2D eigenvalue weighted by atomic mass is 127. The van der Waals surface area contributed by atoms with Gasteiger partial charge >= 0.3 is 0 Å². The first-order valence-electron chi connectivity index (χ1n) is 9.24. The summed E-state index contributed by atoms with van der Waals surface area (Å²) in [7, 11) is 3.79. The van der Waals surface area contributed by atoms with Gasteiger partial charge in [0.15, 0.2) is 5.96 Å². The predicted octanol–water partition coefficient (Wildman–Crippen LogP) is 3.03. The number of nitrogens with one attached hydrogen (secondary N) is 1. The molecule has 8 heteroatoms. The van der Waals surface area contributed by atoms with Gasteiger partial charge in [0.1, 0.15) is 25.0 Å². The van der Waals surface area contributed by atoms with Crippen LogP contribution in [-0.4, -0.2) is 52.9 Å². The molecule has 0 spiro atoms. The van der Waals surface area contributed by atoms with E-state index in [4.69, 9.17) is 4.74 Å². The van der Waals surface area contributed by atoms with Crippen LogP contribution in [0.25, 0.3) is 0 Å². The van der Waals surface area contributed by atoms with Crippen LogP contribution >= 0.6 is 24.0 Å². The highest BCUT2D eigenvalue weighted by Gasteiger charge is 2.06. The zero-order valence-corrected chi connectivity index (χ0v) is 19.1. The molecule has 0 unspecified atom stereocenters. The van der Waals surface area contributed by atoms with Crippen molar-refractivity contribution < 1.29 is 4.74 Å². The van der Waals surface area contributed by atoms with Crippen LogP contribution in [0.4, 0.5) is 0 Å². The Hall–Kier alpha value is -2.62.